The second-order valence-corrected chi connectivity index (χ2v) is 11.9. The SMILES string of the molecule is NS(=O)(=O)c1ccc(CCNC(=O)[C@H]2c3ccccc3C(=O)N(C3CCCC3)[C@H]2c2cccs2)cc1. The van der Waals surface area contributed by atoms with Gasteiger partial charge in [-0.1, -0.05) is 49.2 Å². The second-order valence-electron chi connectivity index (χ2n) is 9.41. The van der Waals surface area contributed by atoms with Gasteiger partial charge in [0.1, 0.15) is 0 Å². The lowest BCUT2D eigenvalue weighted by Crippen LogP contribution is -2.50. The van der Waals surface area contributed by atoms with E-state index in [1.54, 1.807) is 23.5 Å². The van der Waals surface area contributed by atoms with Gasteiger partial charge in [-0.05, 0) is 60.0 Å². The number of carbonyl (C=O) groups is 2. The molecule has 1 fully saturated rings. The number of hydrogen-bond donors (Lipinski definition) is 2. The molecular weight excluding hydrogens is 494 g/mol. The van der Waals surface area contributed by atoms with E-state index in [1.165, 1.54) is 12.1 Å². The van der Waals surface area contributed by atoms with Gasteiger partial charge in [0, 0.05) is 23.0 Å². The summed E-state index contributed by atoms with van der Waals surface area (Å²) in [5, 5.41) is 10.3. The number of nitrogens with zero attached hydrogens (tertiary/aromatic N) is 1. The lowest BCUT2D eigenvalue weighted by atomic mass is 9.80. The molecule has 188 valence electrons. The van der Waals surface area contributed by atoms with E-state index in [-0.39, 0.29) is 28.8 Å². The molecule has 2 atom stereocenters. The van der Waals surface area contributed by atoms with E-state index in [4.69, 9.17) is 5.14 Å². The van der Waals surface area contributed by atoms with Crippen LogP contribution in [-0.2, 0) is 21.2 Å². The maximum Gasteiger partial charge on any atom is 0.254 e. The highest BCUT2D eigenvalue weighted by atomic mass is 32.2. The largest absolute Gasteiger partial charge is 0.355 e. The third-order valence-corrected chi connectivity index (χ3v) is 9.05. The van der Waals surface area contributed by atoms with Gasteiger partial charge in [-0.25, -0.2) is 13.6 Å². The van der Waals surface area contributed by atoms with E-state index >= 15 is 0 Å². The summed E-state index contributed by atoms with van der Waals surface area (Å²) >= 11 is 1.58. The summed E-state index contributed by atoms with van der Waals surface area (Å²) in [5.74, 6) is -0.615. The van der Waals surface area contributed by atoms with Gasteiger partial charge in [0.25, 0.3) is 5.91 Å². The lowest BCUT2D eigenvalue weighted by molar-refractivity contribution is -0.124. The van der Waals surface area contributed by atoms with Crippen molar-refractivity contribution in [3.8, 4) is 0 Å². The Morgan fingerprint density at radius 1 is 1.03 bits per heavy atom. The summed E-state index contributed by atoms with van der Waals surface area (Å²) in [4.78, 5) is 30.6. The number of carbonyl (C=O) groups excluding carboxylic acids is 2. The maximum atomic E-state index is 13.8. The minimum atomic E-state index is -3.74. The molecule has 0 unspecified atom stereocenters. The van der Waals surface area contributed by atoms with Crippen LogP contribution in [0.1, 0.15) is 64.0 Å². The van der Waals surface area contributed by atoms with E-state index in [0.29, 0.717) is 18.5 Å². The predicted molar refractivity (Wildman–Crippen MR) is 139 cm³/mol. The van der Waals surface area contributed by atoms with E-state index in [9.17, 15) is 18.0 Å². The molecule has 7 nitrogen and oxygen atoms in total. The van der Waals surface area contributed by atoms with Gasteiger partial charge in [-0.15, -0.1) is 11.3 Å². The molecule has 1 aliphatic heterocycles. The Morgan fingerprint density at radius 3 is 2.42 bits per heavy atom. The summed E-state index contributed by atoms with van der Waals surface area (Å²) < 4.78 is 23.0. The van der Waals surface area contributed by atoms with Crippen LogP contribution in [0.15, 0.2) is 70.9 Å². The van der Waals surface area contributed by atoms with Crippen LogP contribution in [0.25, 0.3) is 0 Å². The smallest absolute Gasteiger partial charge is 0.254 e. The van der Waals surface area contributed by atoms with E-state index in [2.05, 4.69) is 5.32 Å². The van der Waals surface area contributed by atoms with Crippen molar-refractivity contribution >= 4 is 33.2 Å². The topological polar surface area (TPSA) is 110 Å². The van der Waals surface area contributed by atoms with Gasteiger partial charge in [-0.3, -0.25) is 9.59 Å². The number of thiophene rings is 1. The number of hydrogen-bond acceptors (Lipinski definition) is 5. The molecule has 2 aliphatic rings. The minimum absolute atomic E-state index is 0.00916. The second kappa shape index (κ2) is 10.2. The summed E-state index contributed by atoms with van der Waals surface area (Å²) in [6.07, 6.45) is 4.64. The van der Waals surface area contributed by atoms with Crippen molar-refractivity contribution in [2.24, 2.45) is 5.14 Å². The minimum Gasteiger partial charge on any atom is -0.355 e. The third kappa shape index (κ3) is 4.83. The first-order chi connectivity index (χ1) is 17.3. The zero-order chi connectivity index (χ0) is 25.3. The van der Waals surface area contributed by atoms with Crippen LogP contribution < -0.4 is 10.5 Å². The summed E-state index contributed by atoms with van der Waals surface area (Å²) in [6.45, 7) is 0.390. The Hall–Kier alpha value is -3.01. The van der Waals surface area contributed by atoms with Crippen LogP contribution >= 0.6 is 11.3 Å². The summed E-state index contributed by atoms with van der Waals surface area (Å²) in [6, 6.07) is 17.6. The zero-order valence-corrected chi connectivity index (χ0v) is 21.4. The van der Waals surface area contributed by atoms with Crippen LogP contribution in [0, 0.1) is 0 Å². The molecule has 2 heterocycles. The van der Waals surface area contributed by atoms with Gasteiger partial charge in [0.05, 0.1) is 16.9 Å². The fraction of sp³-hybridized carbons (Fsp3) is 0.333. The monoisotopic (exact) mass is 523 g/mol. The van der Waals surface area contributed by atoms with Crippen molar-refractivity contribution in [3.63, 3.8) is 0 Å². The number of primary sulfonamides is 1. The number of benzene rings is 2. The maximum absolute atomic E-state index is 13.8. The third-order valence-electron chi connectivity index (χ3n) is 7.18. The average molecular weight is 524 g/mol. The van der Waals surface area contributed by atoms with Gasteiger partial charge in [0.2, 0.25) is 15.9 Å². The van der Waals surface area contributed by atoms with Gasteiger partial charge < -0.3 is 10.2 Å². The number of nitrogens with two attached hydrogens (primary N) is 1. The number of fused-ring (bicyclic) bond motifs is 1. The first-order valence-electron chi connectivity index (χ1n) is 12.2. The Bertz CT molecular complexity index is 1350. The molecule has 5 rings (SSSR count). The summed E-state index contributed by atoms with van der Waals surface area (Å²) in [7, 11) is -3.74. The van der Waals surface area contributed by atoms with Crippen molar-refractivity contribution in [1.29, 1.82) is 0 Å². The Morgan fingerprint density at radius 2 is 1.75 bits per heavy atom. The average Bonchev–Trinajstić information content (AvgIpc) is 3.58. The number of rotatable bonds is 7. The van der Waals surface area contributed by atoms with Crippen LogP contribution in [0.3, 0.4) is 0 Å². The molecule has 0 bridgehead atoms. The van der Waals surface area contributed by atoms with E-state index in [0.717, 1.165) is 41.7 Å². The number of sulfonamides is 1. The van der Waals surface area contributed by atoms with Crippen molar-refractivity contribution < 1.29 is 18.0 Å². The molecule has 0 radical (unpaired) electrons. The molecule has 36 heavy (non-hydrogen) atoms. The molecular formula is C27H29N3O4S2. The first-order valence-corrected chi connectivity index (χ1v) is 14.6. The Balaban J connectivity index is 1.41. The molecule has 9 heteroatoms. The van der Waals surface area contributed by atoms with Gasteiger partial charge in [-0.2, -0.15) is 0 Å². The van der Waals surface area contributed by atoms with Crippen LogP contribution in [-0.4, -0.2) is 37.7 Å². The van der Waals surface area contributed by atoms with Crippen molar-refractivity contribution in [2.45, 2.75) is 55.0 Å². The highest BCUT2D eigenvalue weighted by Gasteiger charge is 2.47. The molecule has 1 aromatic heterocycles. The molecule has 1 saturated carbocycles. The summed E-state index contributed by atoms with van der Waals surface area (Å²) in [5.41, 5.74) is 2.27. The van der Waals surface area contributed by atoms with E-state index in [1.807, 2.05) is 46.7 Å². The van der Waals surface area contributed by atoms with Crippen LogP contribution in [0.4, 0.5) is 0 Å². The first kappa shape index (κ1) is 24.7. The van der Waals surface area contributed by atoms with Crippen LogP contribution in [0.2, 0.25) is 0 Å². The Labute approximate surface area is 215 Å². The molecule has 1 aliphatic carbocycles. The molecule has 0 spiro atoms. The number of amides is 2. The Kier molecular flexibility index (Phi) is 6.96. The fourth-order valence-corrected chi connectivity index (χ4v) is 6.84. The standard InChI is InChI=1S/C27H29N3O4S2/c28-36(33,34)20-13-11-18(12-14-20)15-16-29-26(31)24-21-8-3-4-9-22(21)27(32)30(19-6-1-2-7-19)25(24)23-10-5-17-35-23/h3-5,8-14,17,19,24-25H,1-2,6-7,15-16H2,(H,29,31)(H2,28,33,34)/t24-,25-/m0/s1. The van der Waals surface area contributed by atoms with Crippen LogP contribution in [0.5, 0.6) is 0 Å². The predicted octanol–water partition coefficient (Wildman–Crippen LogP) is 3.98. The number of nitrogens with one attached hydrogen (secondary N) is 1. The molecule has 0 saturated heterocycles. The van der Waals surface area contributed by atoms with Gasteiger partial charge >= 0.3 is 0 Å². The molecule has 2 amide bonds. The zero-order valence-electron chi connectivity index (χ0n) is 19.8. The van der Waals surface area contributed by atoms with Gasteiger partial charge in [0.15, 0.2) is 0 Å². The normalized spacial score (nSPS) is 20.4. The molecule has 3 N–H and O–H groups in total. The highest BCUT2D eigenvalue weighted by Crippen LogP contribution is 2.47. The van der Waals surface area contributed by atoms with Crippen molar-refractivity contribution in [1.82, 2.24) is 10.2 Å². The van der Waals surface area contributed by atoms with E-state index < -0.39 is 15.9 Å². The molecule has 3 aromatic rings. The fourth-order valence-electron chi connectivity index (χ4n) is 5.47. The lowest BCUT2D eigenvalue weighted by Gasteiger charge is -2.44. The quantitative estimate of drug-likeness (QED) is 0.488. The highest BCUT2D eigenvalue weighted by molar-refractivity contribution is 7.89. The van der Waals surface area contributed by atoms with Crippen molar-refractivity contribution in [3.05, 3.63) is 87.6 Å². The van der Waals surface area contributed by atoms with Crippen molar-refractivity contribution in [2.75, 3.05) is 6.54 Å². The molecule has 2 aromatic carbocycles.